The molecule has 0 aliphatic carbocycles. The van der Waals surface area contributed by atoms with Crippen LogP contribution < -0.4 is 5.32 Å². The highest BCUT2D eigenvalue weighted by atomic mass is 127. The molecule has 0 saturated heterocycles. The molecule has 1 aromatic rings. The zero-order valence-corrected chi connectivity index (χ0v) is 13.4. The molecule has 0 spiro atoms. The summed E-state index contributed by atoms with van der Waals surface area (Å²) in [5, 5.41) is 5.68. The van der Waals surface area contributed by atoms with Crippen molar-refractivity contribution < 1.29 is 9.53 Å². The van der Waals surface area contributed by atoms with Crippen molar-refractivity contribution in [2.75, 3.05) is 19.0 Å². The highest BCUT2D eigenvalue weighted by Crippen LogP contribution is 2.16. The van der Waals surface area contributed by atoms with E-state index in [9.17, 15) is 4.79 Å². The van der Waals surface area contributed by atoms with Crippen molar-refractivity contribution in [3.8, 4) is 0 Å². The standard InChI is InChI=1S/C10H13BrINO2S/c1-15-5-8(2-3-11)13-10(14)7-4-9(12)16-6-7/h4,6,8H,2-3,5H2,1H3,(H,13,14). The summed E-state index contributed by atoms with van der Waals surface area (Å²) in [5.74, 6) is -0.0258. The third kappa shape index (κ3) is 4.68. The van der Waals surface area contributed by atoms with Gasteiger partial charge in [0.1, 0.15) is 0 Å². The third-order valence-electron chi connectivity index (χ3n) is 1.99. The van der Waals surface area contributed by atoms with E-state index in [-0.39, 0.29) is 11.9 Å². The molecule has 1 amide bonds. The van der Waals surface area contributed by atoms with Crippen LogP contribution in [0.3, 0.4) is 0 Å². The number of alkyl halides is 1. The van der Waals surface area contributed by atoms with Gasteiger partial charge in [-0.05, 0) is 35.1 Å². The Morgan fingerprint density at radius 3 is 3.00 bits per heavy atom. The first-order valence-electron chi connectivity index (χ1n) is 4.77. The van der Waals surface area contributed by atoms with E-state index in [0.29, 0.717) is 6.61 Å². The zero-order chi connectivity index (χ0) is 12.0. The van der Waals surface area contributed by atoms with Crippen LogP contribution in [0.15, 0.2) is 11.4 Å². The van der Waals surface area contributed by atoms with Crippen LogP contribution in [0.2, 0.25) is 0 Å². The van der Waals surface area contributed by atoms with Crippen LogP contribution in [0, 0.1) is 2.88 Å². The molecule has 0 fully saturated rings. The molecule has 3 nitrogen and oxygen atoms in total. The average molecular weight is 418 g/mol. The van der Waals surface area contributed by atoms with Crippen molar-refractivity contribution in [2.24, 2.45) is 0 Å². The number of carbonyl (C=O) groups excluding carboxylic acids is 1. The molecule has 1 N–H and O–H groups in total. The van der Waals surface area contributed by atoms with Crippen molar-refractivity contribution >= 4 is 55.8 Å². The van der Waals surface area contributed by atoms with Crippen molar-refractivity contribution in [2.45, 2.75) is 12.5 Å². The van der Waals surface area contributed by atoms with Crippen molar-refractivity contribution in [3.05, 3.63) is 19.9 Å². The first kappa shape index (κ1) is 14.4. The fourth-order valence-corrected chi connectivity index (χ4v) is 3.11. The Morgan fingerprint density at radius 1 is 1.75 bits per heavy atom. The number of amides is 1. The number of thiophene rings is 1. The number of halogens is 2. The second kappa shape index (κ2) is 7.62. The van der Waals surface area contributed by atoms with Gasteiger partial charge < -0.3 is 10.1 Å². The second-order valence-corrected chi connectivity index (χ2v) is 6.84. The SMILES string of the molecule is COCC(CCBr)NC(=O)c1csc(I)c1. The summed E-state index contributed by atoms with van der Waals surface area (Å²) in [5.41, 5.74) is 0.727. The van der Waals surface area contributed by atoms with Gasteiger partial charge in [-0.25, -0.2) is 0 Å². The summed E-state index contributed by atoms with van der Waals surface area (Å²) in [6.07, 6.45) is 0.862. The highest BCUT2D eigenvalue weighted by molar-refractivity contribution is 14.1. The lowest BCUT2D eigenvalue weighted by atomic mass is 10.2. The highest BCUT2D eigenvalue weighted by Gasteiger charge is 2.14. The van der Waals surface area contributed by atoms with E-state index in [4.69, 9.17) is 4.74 Å². The lowest BCUT2D eigenvalue weighted by molar-refractivity contribution is 0.0896. The molecule has 16 heavy (non-hydrogen) atoms. The van der Waals surface area contributed by atoms with Crippen LogP contribution in [-0.4, -0.2) is 31.0 Å². The fourth-order valence-electron chi connectivity index (χ4n) is 1.23. The number of hydrogen-bond acceptors (Lipinski definition) is 3. The number of methoxy groups -OCH3 is 1. The Kier molecular flexibility index (Phi) is 6.86. The minimum atomic E-state index is -0.0258. The Bertz CT molecular complexity index is 339. The first-order chi connectivity index (χ1) is 7.67. The third-order valence-corrected chi connectivity index (χ3v) is 4.24. The van der Waals surface area contributed by atoms with Gasteiger partial charge >= 0.3 is 0 Å². The maximum atomic E-state index is 11.8. The minimum absolute atomic E-state index is 0.0258. The van der Waals surface area contributed by atoms with Gasteiger partial charge in [0.2, 0.25) is 0 Å². The molecular weight excluding hydrogens is 405 g/mol. The molecule has 0 aromatic carbocycles. The Morgan fingerprint density at radius 2 is 2.50 bits per heavy atom. The predicted molar refractivity (Wildman–Crippen MR) is 78.6 cm³/mol. The van der Waals surface area contributed by atoms with Gasteiger partial charge in [0.15, 0.2) is 0 Å². The summed E-state index contributed by atoms with van der Waals surface area (Å²) in [6, 6.07) is 1.95. The zero-order valence-electron chi connectivity index (χ0n) is 8.83. The summed E-state index contributed by atoms with van der Waals surface area (Å²) in [4.78, 5) is 11.8. The number of hydrogen-bond donors (Lipinski definition) is 1. The average Bonchev–Trinajstić information content (AvgIpc) is 2.65. The van der Waals surface area contributed by atoms with Gasteiger partial charge in [0.25, 0.3) is 5.91 Å². The van der Waals surface area contributed by atoms with Crippen LogP contribution in [0.5, 0.6) is 0 Å². The van der Waals surface area contributed by atoms with Crippen LogP contribution in [0.25, 0.3) is 0 Å². The Balaban J connectivity index is 2.54. The summed E-state index contributed by atoms with van der Waals surface area (Å²) in [7, 11) is 1.64. The largest absolute Gasteiger partial charge is 0.383 e. The van der Waals surface area contributed by atoms with Gasteiger partial charge in [0, 0.05) is 17.8 Å². The van der Waals surface area contributed by atoms with E-state index < -0.39 is 0 Å². The van der Waals surface area contributed by atoms with E-state index in [2.05, 4.69) is 43.8 Å². The summed E-state index contributed by atoms with van der Waals surface area (Å²) < 4.78 is 6.18. The monoisotopic (exact) mass is 417 g/mol. The molecule has 0 bridgehead atoms. The maximum Gasteiger partial charge on any atom is 0.252 e. The fraction of sp³-hybridized carbons (Fsp3) is 0.500. The number of ether oxygens (including phenoxy) is 1. The van der Waals surface area contributed by atoms with E-state index in [1.54, 1.807) is 18.4 Å². The quantitative estimate of drug-likeness (QED) is 0.570. The van der Waals surface area contributed by atoms with Crippen molar-refractivity contribution in [1.29, 1.82) is 0 Å². The molecule has 1 rings (SSSR count). The van der Waals surface area contributed by atoms with E-state index in [0.717, 1.165) is 20.2 Å². The molecule has 0 radical (unpaired) electrons. The molecule has 1 atom stereocenters. The Labute approximate surface area is 121 Å². The van der Waals surface area contributed by atoms with E-state index in [1.807, 2.05) is 11.4 Å². The molecule has 0 saturated carbocycles. The lowest BCUT2D eigenvalue weighted by Crippen LogP contribution is -2.38. The van der Waals surface area contributed by atoms with Gasteiger partial charge in [0.05, 0.1) is 21.1 Å². The first-order valence-corrected chi connectivity index (χ1v) is 7.85. The maximum absolute atomic E-state index is 11.8. The molecule has 0 aliphatic rings. The smallest absolute Gasteiger partial charge is 0.252 e. The molecule has 1 aromatic heterocycles. The molecule has 0 aliphatic heterocycles. The minimum Gasteiger partial charge on any atom is -0.383 e. The molecule has 6 heteroatoms. The normalized spacial score (nSPS) is 12.4. The van der Waals surface area contributed by atoms with Gasteiger partial charge in [-0.3, -0.25) is 4.79 Å². The number of nitrogens with one attached hydrogen (secondary N) is 1. The second-order valence-electron chi connectivity index (χ2n) is 3.24. The predicted octanol–water partition coefficient (Wildman–Crippen LogP) is 2.88. The molecule has 1 unspecified atom stereocenters. The molecular formula is C10H13BrINO2S. The topological polar surface area (TPSA) is 38.3 Å². The van der Waals surface area contributed by atoms with Gasteiger partial charge in [-0.15, -0.1) is 11.3 Å². The van der Waals surface area contributed by atoms with Crippen LogP contribution in [-0.2, 0) is 4.74 Å². The molecule has 1 heterocycles. The van der Waals surface area contributed by atoms with Crippen LogP contribution >= 0.6 is 49.9 Å². The summed E-state index contributed by atoms with van der Waals surface area (Å²) in [6.45, 7) is 0.540. The Hall–Kier alpha value is 0.340. The lowest BCUT2D eigenvalue weighted by Gasteiger charge is -2.16. The van der Waals surface area contributed by atoms with Crippen molar-refractivity contribution in [3.63, 3.8) is 0 Å². The van der Waals surface area contributed by atoms with Crippen LogP contribution in [0.4, 0.5) is 0 Å². The number of carbonyl (C=O) groups is 1. The molecule has 90 valence electrons. The van der Waals surface area contributed by atoms with Gasteiger partial charge in [-0.2, -0.15) is 0 Å². The van der Waals surface area contributed by atoms with E-state index in [1.165, 1.54) is 0 Å². The summed E-state index contributed by atoms with van der Waals surface area (Å²) >= 11 is 7.14. The van der Waals surface area contributed by atoms with Gasteiger partial charge in [-0.1, -0.05) is 15.9 Å². The van der Waals surface area contributed by atoms with E-state index >= 15 is 0 Å². The van der Waals surface area contributed by atoms with Crippen molar-refractivity contribution in [1.82, 2.24) is 5.32 Å². The number of rotatable bonds is 6. The van der Waals surface area contributed by atoms with Crippen LogP contribution in [0.1, 0.15) is 16.8 Å².